The maximum absolute atomic E-state index is 8.87. The smallest absolute Gasteiger partial charge is 0.162 e. The second-order valence-corrected chi connectivity index (χ2v) is 4.56. The van der Waals surface area contributed by atoms with Crippen molar-refractivity contribution in [3.8, 4) is 6.07 Å². The standard InChI is InChI=1S/C10H15NO2/c1-9(2)12-6-10(7-13-9)4-3-8(10)5-11/h8H,3-4,6-7H2,1-2H3. The van der Waals surface area contributed by atoms with Crippen molar-refractivity contribution in [2.24, 2.45) is 11.3 Å². The topological polar surface area (TPSA) is 42.2 Å². The van der Waals surface area contributed by atoms with Gasteiger partial charge in [-0.2, -0.15) is 5.26 Å². The van der Waals surface area contributed by atoms with Crippen molar-refractivity contribution in [1.29, 1.82) is 5.26 Å². The zero-order valence-electron chi connectivity index (χ0n) is 8.17. The third-order valence-corrected chi connectivity index (χ3v) is 3.24. The van der Waals surface area contributed by atoms with Crippen LogP contribution in [0.15, 0.2) is 0 Å². The molecule has 2 fully saturated rings. The van der Waals surface area contributed by atoms with Crippen LogP contribution in [0.3, 0.4) is 0 Å². The van der Waals surface area contributed by atoms with E-state index in [-0.39, 0.29) is 11.3 Å². The van der Waals surface area contributed by atoms with Crippen molar-refractivity contribution in [1.82, 2.24) is 0 Å². The largest absolute Gasteiger partial charge is 0.350 e. The second kappa shape index (κ2) is 2.70. The third-order valence-electron chi connectivity index (χ3n) is 3.24. The van der Waals surface area contributed by atoms with Crippen LogP contribution < -0.4 is 0 Å². The van der Waals surface area contributed by atoms with Gasteiger partial charge in [-0.25, -0.2) is 0 Å². The van der Waals surface area contributed by atoms with Crippen molar-refractivity contribution >= 4 is 0 Å². The van der Waals surface area contributed by atoms with Gasteiger partial charge in [-0.3, -0.25) is 0 Å². The minimum atomic E-state index is -0.457. The minimum absolute atomic E-state index is 0.0181. The molecule has 0 bridgehead atoms. The van der Waals surface area contributed by atoms with Crippen LogP contribution in [0, 0.1) is 22.7 Å². The van der Waals surface area contributed by atoms with Gasteiger partial charge in [-0.05, 0) is 26.7 Å². The van der Waals surface area contributed by atoms with Crippen molar-refractivity contribution in [3.05, 3.63) is 0 Å². The molecule has 3 heteroatoms. The Labute approximate surface area is 78.6 Å². The summed E-state index contributed by atoms with van der Waals surface area (Å²) in [5.74, 6) is -0.315. The molecule has 0 aromatic carbocycles. The molecular formula is C10H15NO2. The molecular weight excluding hydrogens is 166 g/mol. The minimum Gasteiger partial charge on any atom is -0.350 e. The van der Waals surface area contributed by atoms with E-state index in [9.17, 15) is 0 Å². The van der Waals surface area contributed by atoms with Crippen LogP contribution in [0.1, 0.15) is 26.7 Å². The molecule has 0 radical (unpaired) electrons. The van der Waals surface area contributed by atoms with Crippen molar-refractivity contribution in [2.45, 2.75) is 32.5 Å². The number of hydrogen-bond acceptors (Lipinski definition) is 3. The summed E-state index contributed by atoms with van der Waals surface area (Å²) in [4.78, 5) is 0. The number of hydrogen-bond donors (Lipinski definition) is 0. The number of nitrogens with zero attached hydrogens (tertiary/aromatic N) is 1. The molecule has 0 aromatic rings. The van der Waals surface area contributed by atoms with Crippen LogP contribution in [0.25, 0.3) is 0 Å². The van der Waals surface area contributed by atoms with Gasteiger partial charge in [0.15, 0.2) is 5.79 Å². The Balaban J connectivity index is 2.02. The highest BCUT2D eigenvalue weighted by Crippen LogP contribution is 2.49. The molecule has 13 heavy (non-hydrogen) atoms. The maximum atomic E-state index is 8.87. The first kappa shape index (κ1) is 8.98. The first-order valence-corrected chi connectivity index (χ1v) is 4.76. The van der Waals surface area contributed by atoms with E-state index in [2.05, 4.69) is 6.07 Å². The number of rotatable bonds is 0. The monoisotopic (exact) mass is 181 g/mol. The Bertz CT molecular complexity index is 244. The summed E-state index contributed by atoms with van der Waals surface area (Å²) < 4.78 is 11.2. The van der Waals surface area contributed by atoms with E-state index in [0.29, 0.717) is 13.2 Å². The lowest BCUT2D eigenvalue weighted by Gasteiger charge is -2.51. The normalized spacial score (nSPS) is 35.0. The van der Waals surface area contributed by atoms with E-state index >= 15 is 0 Å². The van der Waals surface area contributed by atoms with E-state index in [0.717, 1.165) is 12.8 Å². The Morgan fingerprint density at radius 3 is 2.31 bits per heavy atom. The highest BCUT2D eigenvalue weighted by Gasteiger charge is 2.51. The molecule has 2 rings (SSSR count). The Morgan fingerprint density at radius 2 is 1.92 bits per heavy atom. The second-order valence-electron chi connectivity index (χ2n) is 4.56. The fourth-order valence-corrected chi connectivity index (χ4v) is 1.96. The number of ether oxygens (including phenoxy) is 2. The lowest BCUT2D eigenvalue weighted by atomic mass is 9.61. The summed E-state index contributed by atoms with van der Waals surface area (Å²) >= 11 is 0. The Hall–Kier alpha value is -0.590. The van der Waals surface area contributed by atoms with E-state index in [1.165, 1.54) is 0 Å². The maximum Gasteiger partial charge on any atom is 0.162 e. The molecule has 3 nitrogen and oxygen atoms in total. The molecule has 1 spiro atoms. The van der Waals surface area contributed by atoms with Gasteiger partial charge in [0.25, 0.3) is 0 Å². The summed E-state index contributed by atoms with van der Waals surface area (Å²) in [5.41, 5.74) is 0.0181. The summed E-state index contributed by atoms with van der Waals surface area (Å²) in [6.07, 6.45) is 2.07. The molecule has 1 aliphatic heterocycles. The zero-order valence-corrected chi connectivity index (χ0v) is 8.17. The molecule has 1 heterocycles. The summed E-state index contributed by atoms with van der Waals surface area (Å²) in [7, 11) is 0. The number of nitriles is 1. The van der Waals surface area contributed by atoms with Gasteiger partial charge < -0.3 is 9.47 Å². The Morgan fingerprint density at radius 1 is 1.31 bits per heavy atom. The fourth-order valence-electron chi connectivity index (χ4n) is 1.96. The van der Waals surface area contributed by atoms with Gasteiger partial charge in [0.1, 0.15) is 0 Å². The van der Waals surface area contributed by atoms with Gasteiger partial charge in [0, 0.05) is 5.41 Å². The highest BCUT2D eigenvalue weighted by atomic mass is 16.7. The van der Waals surface area contributed by atoms with Crippen molar-refractivity contribution < 1.29 is 9.47 Å². The van der Waals surface area contributed by atoms with E-state index in [1.54, 1.807) is 0 Å². The van der Waals surface area contributed by atoms with Crippen LogP contribution in [0.4, 0.5) is 0 Å². The van der Waals surface area contributed by atoms with Crippen LogP contribution in [0.2, 0.25) is 0 Å². The van der Waals surface area contributed by atoms with E-state index < -0.39 is 5.79 Å². The molecule has 0 amide bonds. The zero-order chi connectivity index (χ0) is 9.53. The SMILES string of the molecule is CC1(C)OCC2(CCC2C#N)CO1. The van der Waals surface area contributed by atoms with Crippen LogP contribution in [-0.2, 0) is 9.47 Å². The summed E-state index contributed by atoms with van der Waals surface area (Å²) in [5, 5.41) is 8.87. The molecule has 1 saturated carbocycles. The van der Waals surface area contributed by atoms with Gasteiger partial charge in [-0.15, -0.1) is 0 Å². The van der Waals surface area contributed by atoms with Crippen molar-refractivity contribution in [2.75, 3.05) is 13.2 Å². The van der Waals surface area contributed by atoms with Crippen LogP contribution >= 0.6 is 0 Å². The molecule has 1 atom stereocenters. The van der Waals surface area contributed by atoms with Crippen LogP contribution in [0.5, 0.6) is 0 Å². The molecule has 1 saturated heterocycles. The van der Waals surface area contributed by atoms with E-state index in [1.807, 2.05) is 13.8 Å². The van der Waals surface area contributed by atoms with Gasteiger partial charge in [0.2, 0.25) is 0 Å². The predicted octanol–water partition coefficient (Wildman–Crippen LogP) is 1.69. The molecule has 0 N–H and O–H groups in total. The molecule has 72 valence electrons. The summed E-state index contributed by atoms with van der Waals surface area (Å²) in [6, 6.07) is 2.33. The lowest BCUT2D eigenvalue weighted by Crippen LogP contribution is -2.54. The molecule has 2 aliphatic rings. The van der Waals surface area contributed by atoms with Crippen LogP contribution in [-0.4, -0.2) is 19.0 Å². The molecule has 0 aromatic heterocycles. The third kappa shape index (κ3) is 1.34. The van der Waals surface area contributed by atoms with Gasteiger partial charge in [0.05, 0.1) is 25.2 Å². The molecule has 1 unspecified atom stereocenters. The van der Waals surface area contributed by atoms with Gasteiger partial charge >= 0.3 is 0 Å². The summed E-state index contributed by atoms with van der Waals surface area (Å²) in [6.45, 7) is 5.19. The highest BCUT2D eigenvalue weighted by molar-refractivity contribution is 5.07. The molecule has 1 aliphatic carbocycles. The lowest BCUT2D eigenvalue weighted by molar-refractivity contribution is -0.305. The van der Waals surface area contributed by atoms with Gasteiger partial charge in [-0.1, -0.05) is 0 Å². The average molecular weight is 181 g/mol. The van der Waals surface area contributed by atoms with Crippen molar-refractivity contribution in [3.63, 3.8) is 0 Å². The first-order valence-electron chi connectivity index (χ1n) is 4.76. The van der Waals surface area contributed by atoms with E-state index in [4.69, 9.17) is 14.7 Å². The Kier molecular flexibility index (Phi) is 1.86. The quantitative estimate of drug-likeness (QED) is 0.571. The fraction of sp³-hybridized carbons (Fsp3) is 0.900. The predicted molar refractivity (Wildman–Crippen MR) is 46.8 cm³/mol. The first-order chi connectivity index (χ1) is 6.08. The average Bonchev–Trinajstić information content (AvgIpc) is 2.03.